The highest BCUT2D eigenvalue weighted by Gasteiger charge is 2.29. The second-order valence-electron chi connectivity index (χ2n) is 6.17. The molecule has 158 valence electrons. The van der Waals surface area contributed by atoms with Crippen LogP contribution in [0, 0.1) is 0 Å². The van der Waals surface area contributed by atoms with Crippen molar-refractivity contribution in [3.8, 4) is 17.2 Å². The molecule has 0 N–H and O–H groups in total. The van der Waals surface area contributed by atoms with Gasteiger partial charge in [0.15, 0.2) is 11.5 Å². The molecule has 0 bridgehead atoms. The summed E-state index contributed by atoms with van der Waals surface area (Å²) < 4.78 is 21.0. The third-order valence-corrected chi connectivity index (χ3v) is 4.69. The van der Waals surface area contributed by atoms with Crippen molar-refractivity contribution in [1.29, 1.82) is 0 Å². The molecular weight excluding hydrogens is 388 g/mol. The van der Waals surface area contributed by atoms with E-state index >= 15 is 0 Å². The summed E-state index contributed by atoms with van der Waals surface area (Å²) in [6.45, 7) is 6.25. The molecule has 2 rings (SSSR count). The molecule has 1 unspecified atom stereocenters. The van der Waals surface area contributed by atoms with Gasteiger partial charge in [-0.15, -0.1) is 12.4 Å². The van der Waals surface area contributed by atoms with Crippen molar-refractivity contribution in [3.63, 3.8) is 0 Å². The van der Waals surface area contributed by atoms with Gasteiger partial charge in [0.1, 0.15) is 6.04 Å². The SMILES string of the molecule is CCOC(=O)C(C)N1CCN(C(=O)c2cc(OC)c(OC)c(OC)c2)CC1.Cl. The minimum atomic E-state index is -0.316. The summed E-state index contributed by atoms with van der Waals surface area (Å²) in [5, 5.41) is 0. The number of hydrogen-bond donors (Lipinski definition) is 0. The van der Waals surface area contributed by atoms with Gasteiger partial charge in [0.05, 0.1) is 27.9 Å². The van der Waals surface area contributed by atoms with E-state index in [0.29, 0.717) is 55.6 Å². The molecule has 1 saturated heterocycles. The Balaban J connectivity index is 0.00000392. The number of piperazine rings is 1. The van der Waals surface area contributed by atoms with Crippen LogP contribution in [0.15, 0.2) is 12.1 Å². The fraction of sp³-hybridized carbons (Fsp3) is 0.579. The predicted octanol–water partition coefficient (Wildman–Crippen LogP) is 1.84. The molecule has 0 spiro atoms. The van der Waals surface area contributed by atoms with Gasteiger partial charge in [-0.2, -0.15) is 0 Å². The maximum atomic E-state index is 12.9. The van der Waals surface area contributed by atoms with Crippen LogP contribution in [-0.2, 0) is 9.53 Å². The first kappa shape index (κ1) is 23.8. The number of esters is 1. The van der Waals surface area contributed by atoms with Crippen molar-refractivity contribution >= 4 is 24.3 Å². The highest BCUT2D eigenvalue weighted by Crippen LogP contribution is 2.38. The highest BCUT2D eigenvalue weighted by atomic mass is 35.5. The fourth-order valence-corrected chi connectivity index (χ4v) is 3.11. The van der Waals surface area contributed by atoms with Crippen LogP contribution in [0.1, 0.15) is 24.2 Å². The Labute approximate surface area is 172 Å². The van der Waals surface area contributed by atoms with Crippen molar-refractivity contribution in [2.24, 2.45) is 0 Å². The van der Waals surface area contributed by atoms with E-state index in [9.17, 15) is 9.59 Å². The van der Waals surface area contributed by atoms with E-state index in [1.807, 2.05) is 11.8 Å². The number of carbonyl (C=O) groups excluding carboxylic acids is 2. The Morgan fingerprint density at radius 3 is 1.96 bits per heavy atom. The van der Waals surface area contributed by atoms with Gasteiger partial charge in [-0.3, -0.25) is 14.5 Å². The van der Waals surface area contributed by atoms with Crippen LogP contribution in [0.3, 0.4) is 0 Å². The lowest BCUT2D eigenvalue weighted by molar-refractivity contribution is -0.149. The monoisotopic (exact) mass is 416 g/mol. The van der Waals surface area contributed by atoms with E-state index in [2.05, 4.69) is 0 Å². The molecule has 1 heterocycles. The number of ether oxygens (including phenoxy) is 4. The van der Waals surface area contributed by atoms with Gasteiger partial charge in [0, 0.05) is 31.7 Å². The van der Waals surface area contributed by atoms with Crippen molar-refractivity contribution in [1.82, 2.24) is 9.80 Å². The normalized spacial score (nSPS) is 15.2. The van der Waals surface area contributed by atoms with E-state index in [-0.39, 0.29) is 30.3 Å². The molecular formula is C19H29ClN2O6. The van der Waals surface area contributed by atoms with Crippen LogP contribution in [0.4, 0.5) is 0 Å². The number of carbonyl (C=O) groups is 2. The maximum absolute atomic E-state index is 12.9. The summed E-state index contributed by atoms with van der Waals surface area (Å²) in [5.41, 5.74) is 0.469. The van der Waals surface area contributed by atoms with E-state index in [0.717, 1.165) is 0 Å². The third-order valence-electron chi connectivity index (χ3n) is 4.69. The average Bonchev–Trinajstić information content (AvgIpc) is 2.71. The first-order valence-electron chi connectivity index (χ1n) is 8.96. The molecule has 9 heteroatoms. The van der Waals surface area contributed by atoms with E-state index in [1.54, 1.807) is 24.0 Å². The van der Waals surface area contributed by atoms with Crippen LogP contribution in [0.25, 0.3) is 0 Å². The summed E-state index contributed by atoms with van der Waals surface area (Å²) in [5.74, 6) is 0.980. The van der Waals surface area contributed by atoms with Gasteiger partial charge in [-0.05, 0) is 26.0 Å². The van der Waals surface area contributed by atoms with Crippen LogP contribution < -0.4 is 14.2 Å². The summed E-state index contributed by atoms with van der Waals surface area (Å²) in [6.07, 6.45) is 0. The zero-order valence-corrected chi connectivity index (χ0v) is 17.8. The Morgan fingerprint density at radius 2 is 1.54 bits per heavy atom. The molecule has 1 amide bonds. The molecule has 0 aliphatic carbocycles. The molecule has 0 aromatic heterocycles. The Morgan fingerprint density at radius 1 is 1.00 bits per heavy atom. The Kier molecular flexibility index (Phi) is 9.34. The number of amides is 1. The smallest absolute Gasteiger partial charge is 0.323 e. The standard InChI is InChI=1S/C19H28N2O6.ClH/c1-6-27-19(23)13(2)20-7-9-21(10-8-20)18(22)14-11-15(24-3)17(26-5)16(12-14)25-4;/h11-13H,6-10H2,1-5H3;1H. The first-order valence-corrected chi connectivity index (χ1v) is 8.96. The van der Waals surface area contributed by atoms with Gasteiger partial charge >= 0.3 is 5.97 Å². The topological polar surface area (TPSA) is 77.5 Å². The lowest BCUT2D eigenvalue weighted by Gasteiger charge is -2.37. The molecule has 0 radical (unpaired) electrons. The van der Waals surface area contributed by atoms with E-state index in [4.69, 9.17) is 18.9 Å². The second kappa shape index (κ2) is 11.0. The molecule has 1 fully saturated rings. The molecule has 1 aliphatic heterocycles. The van der Waals surface area contributed by atoms with Crippen molar-refractivity contribution in [2.75, 3.05) is 54.1 Å². The molecule has 1 atom stereocenters. The van der Waals surface area contributed by atoms with Gasteiger partial charge < -0.3 is 23.8 Å². The number of nitrogens with zero attached hydrogens (tertiary/aromatic N) is 2. The fourth-order valence-electron chi connectivity index (χ4n) is 3.11. The van der Waals surface area contributed by atoms with Gasteiger partial charge in [0.2, 0.25) is 5.75 Å². The van der Waals surface area contributed by atoms with Crippen molar-refractivity contribution < 1.29 is 28.5 Å². The predicted molar refractivity (Wildman–Crippen MR) is 107 cm³/mol. The maximum Gasteiger partial charge on any atom is 0.323 e. The number of methoxy groups -OCH3 is 3. The average molecular weight is 417 g/mol. The van der Waals surface area contributed by atoms with Crippen LogP contribution >= 0.6 is 12.4 Å². The van der Waals surface area contributed by atoms with E-state index < -0.39 is 0 Å². The molecule has 1 aromatic rings. The molecule has 28 heavy (non-hydrogen) atoms. The largest absolute Gasteiger partial charge is 0.493 e. The summed E-state index contributed by atoms with van der Waals surface area (Å²) in [4.78, 5) is 28.6. The number of hydrogen-bond acceptors (Lipinski definition) is 7. The van der Waals surface area contributed by atoms with Gasteiger partial charge in [-0.1, -0.05) is 0 Å². The minimum absolute atomic E-state index is 0. The third kappa shape index (κ3) is 5.20. The quantitative estimate of drug-likeness (QED) is 0.627. The number of halogens is 1. The summed E-state index contributed by atoms with van der Waals surface area (Å²) >= 11 is 0. The molecule has 1 aromatic carbocycles. The number of rotatable bonds is 7. The van der Waals surface area contributed by atoms with Gasteiger partial charge in [0.25, 0.3) is 5.91 Å². The Bertz CT molecular complexity index is 651. The Hall–Kier alpha value is -2.19. The van der Waals surface area contributed by atoms with Crippen molar-refractivity contribution in [2.45, 2.75) is 19.9 Å². The van der Waals surface area contributed by atoms with E-state index in [1.165, 1.54) is 21.3 Å². The van der Waals surface area contributed by atoms with Crippen molar-refractivity contribution in [3.05, 3.63) is 17.7 Å². The highest BCUT2D eigenvalue weighted by molar-refractivity contribution is 5.95. The molecule has 0 saturated carbocycles. The molecule has 8 nitrogen and oxygen atoms in total. The minimum Gasteiger partial charge on any atom is -0.493 e. The lowest BCUT2D eigenvalue weighted by atomic mass is 10.1. The first-order chi connectivity index (χ1) is 13.0. The van der Waals surface area contributed by atoms with Gasteiger partial charge in [-0.25, -0.2) is 0 Å². The zero-order valence-electron chi connectivity index (χ0n) is 17.0. The molecule has 1 aliphatic rings. The van der Waals surface area contributed by atoms with Crippen LogP contribution in [0.5, 0.6) is 17.2 Å². The summed E-state index contributed by atoms with van der Waals surface area (Å²) in [6, 6.07) is 2.98. The van der Waals surface area contributed by atoms with Crippen LogP contribution in [0.2, 0.25) is 0 Å². The zero-order chi connectivity index (χ0) is 20.0. The summed E-state index contributed by atoms with van der Waals surface area (Å²) in [7, 11) is 4.55. The van der Waals surface area contributed by atoms with Crippen LogP contribution in [-0.4, -0.2) is 81.8 Å². The lowest BCUT2D eigenvalue weighted by Crippen LogP contribution is -2.53. The number of benzene rings is 1. The second-order valence-corrected chi connectivity index (χ2v) is 6.17.